The third kappa shape index (κ3) is 5.20. The van der Waals surface area contributed by atoms with Gasteiger partial charge in [-0.15, -0.1) is 0 Å². The van der Waals surface area contributed by atoms with Crippen LogP contribution in [0.2, 0.25) is 0 Å². The van der Waals surface area contributed by atoms with E-state index in [1.54, 1.807) is 36.6 Å². The number of benzene rings is 1. The predicted molar refractivity (Wildman–Crippen MR) is 177 cm³/mol. The fourth-order valence-electron chi connectivity index (χ4n) is 10.9. The average molecular weight is 684 g/mol. The quantitative estimate of drug-likeness (QED) is 0.202. The zero-order valence-electron chi connectivity index (χ0n) is 27.9. The Kier molecular flexibility index (Phi) is 8.46. The summed E-state index contributed by atoms with van der Waals surface area (Å²) in [6.07, 6.45) is 8.67. The number of nitrogens with one attached hydrogen (secondary N) is 1. The lowest BCUT2D eigenvalue weighted by Gasteiger charge is -2.65. The molecule has 0 radical (unpaired) electrons. The molecule has 0 bridgehead atoms. The molecule has 1 saturated heterocycles. The molecule has 7 rings (SSSR count). The normalized spacial score (nSPS) is 41.6. The van der Waals surface area contributed by atoms with E-state index < -0.39 is 44.1 Å². The number of hydrazone groups is 1. The summed E-state index contributed by atoms with van der Waals surface area (Å²) in [6.45, 7) is 4.71. The van der Waals surface area contributed by atoms with Crippen LogP contribution >= 0.6 is 0 Å². The van der Waals surface area contributed by atoms with Gasteiger partial charge < -0.3 is 20.1 Å². The van der Waals surface area contributed by atoms with Crippen LogP contribution in [0.3, 0.4) is 0 Å². The van der Waals surface area contributed by atoms with Crippen molar-refractivity contribution in [1.82, 2.24) is 9.73 Å². The van der Waals surface area contributed by atoms with Gasteiger partial charge in [0.25, 0.3) is 0 Å². The predicted octanol–water partition coefficient (Wildman–Crippen LogP) is 3.21. The van der Waals surface area contributed by atoms with Gasteiger partial charge in [0.2, 0.25) is 15.9 Å². The first-order chi connectivity index (χ1) is 22.7. The van der Waals surface area contributed by atoms with E-state index in [4.69, 9.17) is 4.74 Å². The minimum atomic E-state index is -3.75. The number of amides is 1. The number of carbonyl (C=O) groups is 2. The van der Waals surface area contributed by atoms with Crippen molar-refractivity contribution in [1.29, 1.82) is 0 Å². The summed E-state index contributed by atoms with van der Waals surface area (Å²) in [6, 6.07) is 6.71. The molecule has 2 aliphatic heterocycles. The highest BCUT2D eigenvalue weighted by Crippen LogP contribution is 2.70. The van der Waals surface area contributed by atoms with E-state index in [2.05, 4.69) is 17.5 Å². The van der Waals surface area contributed by atoms with Crippen LogP contribution in [-0.4, -0.2) is 83.1 Å². The van der Waals surface area contributed by atoms with E-state index in [9.17, 15) is 33.3 Å². The number of piperidine rings is 1. The second kappa shape index (κ2) is 12.0. The molecule has 0 spiro atoms. The molecular weight excluding hydrogens is 634 g/mol. The number of sulfonamides is 1. The Morgan fingerprint density at radius 3 is 2.52 bits per heavy atom. The first-order valence-electron chi connectivity index (χ1n) is 17.6. The Bertz CT molecular complexity index is 1630. The summed E-state index contributed by atoms with van der Waals surface area (Å²) in [5.41, 5.74) is 1.05. The number of esters is 1. The number of fused-ring (bicyclic) bond motifs is 5. The number of ether oxygens (including phenoxy) is 1. The van der Waals surface area contributed by atoms with Crippen molar-refractivity contribution in [3.63, 3.8) is 0 Å². The summed E-state index contributed by atoms with van der Waals surface area (Å²) >= 11 is 0. The fraction of sp³-hybridized carbons (Fsp3) is 0.694. The van der Waals surface area contributed by atoms with Crippen LogP contribution in [0.1, 0.15) is 83.1 Å². The molecule has 9 atom stereocenters. The molecule has 1 aromatic carbocycles. The molecule has 4 saturated carbocycles. The van der Waals surface area contributed by atoms with E-state index in [-0.39, 0.29) is 54.1 Å². The molecule has 5 fully saturated rings. The molecule has 4 N–H and O–H groups in total. The molecule has 6 unspecified atom stereocenters. The average Bonchev–Trinajstić information content (AvgIpc) is 3.60. The second-order valence-electron chi connectivity index (χ2n) is 15.8. The number of aliphatic hydroxyl groups excluding tert-OH is 1. The number of hydrogen-bond donors (Lipinski definition) is 4. The fourth-order valence-corrected chi connectivity index (χ4v) is 12.4. The van der Waals surface area contributed by atoms with Gasteiger partial charge in [0.05, 0.1) is 28.1 Å². The van der Waals surface area contributed by atoms with E-state index in [0.29, 0.717) is 57.9 Å². The maximum atomic E-state index is 13.5. The molecule has 262 valence electrons. The molecule has 48 heavy (non-hydrogen) atoms. The highest BCUT2D eigenvalue weighted by Gasteiger charge is 2.71. The van der Waals surface area contributed by atoms with Crippen molar-refractivity contribution in [2.45, 2.75) is 107 Å². The van der Waals surface area contributed by atoms with Gasteiger partial charge in [-0.1, -0.05) is 24.6 Å². The molecule has 12 heteroatoms. The Balaban J connectivity index is 1.11. The summed E-state index contributed by atoms with van der Waals surface area (Å²) in [4.78, 5) is 25.6. The van der Waals surface area contributed by atoms with Crippen molar-refractivity contribution < 1.29 is 38.1 Å². The minimum Gasteiger partial charge on any atom is -0.458 e. The van der Waals surface area contributed by atoms with Crippen molar-refractivity contribution in [2.24, 2.45) is 39.6 Å². The van der Waals surface area contributed by atoms with Crippen molar-refractivity contribution in [3.8, 4) is 0 Å². The minimum absolute atomic E-state index is 0.0395. The van der Waals surface area contributed by atoms with Crippen LogP contribution in [0.5, 0.6) is 0 Å². The van der Waals surface area contributed by atoms with Crippen LogP contribution < -0.4 is 5.43 Å². The molecule has 1 amide bonds. The lowest BCUT2D eigenvalue weighted by molar-refractivity contribution is -0.237. The Labute approximate surface area is 282 Å². The topological polar surface area (TPSA) is 166 Å². The largest absolute Gasteiger partial charge is 0.458 e. The zero-order chi connectivity index (χ0) is 34.1. The molecule has 1 aromatic rings. The molecule has 2 heterocycles. The lowest BCUT2D eigenvalue weighted by Crippen LogP contribution is -2.68. The van der Waals surface area contributed by atoms with Crippen molar-refractivity contribution >= 4 is 28.1 Å². The highest BCUT2D eigenvalue weighted by molar-refractivity contribution is 7.89. The Hall–Kier alpha value is -2.64. The number of aryl methyl sites for hydroxylation is 1. The van der Waals surface area contributed by atoms with Crippen molar-refractivity contribution in [3.05, 3.63) is 41.5 Å². The number of cyclic esters (lactones) is 1. The number of hydrogen-bond acceptors (Lipinski definition) is 9. The number of nitrogens with zero attached hydrogens (tertiary/aromatic N) is 2. The van der Waals surface area contributed by atoms with Gasteiger partial charge in [-0.25, -0.2) is 18.6 Å². The number of carbonyl (C=O) groups excluding carboxylic acids is 2. The number of aliphatic hydroxyl groups is 3. The maximum absolute atomic E-state index is 13.5. The monoisotopic (exact) mass is 683 g/mol. The molecule has 0 aromatic heterocycles. The van der Waals surface area contributed by atoms with Gasteiger partial charge in [-0.3, -0.25) is 4.79 Å². The summed E-state index contributed by atoms with van der Waals surface area (Å²) in [7, 11) is -3.75. The van der Waals surface area contributed by atoms with Crippen LogP contribution in [0.4, 0.5) is 0 Å². The summed E-state index contributed by atoms with van der Waals surface area (Å²) < 4.78 is 33.3. The van der Waals surface area contributed by atoms with E-state index in [0.717, 1.165) is 24.0 Å². The molecule has 6 aliphatic rings. The van der Waals surface area contributed by atoms with Gasteiger partial charge in [-0.05, 0) is 107 Å². The van der Waals surface area contributed by atoms with Gasteiger partial charge in [-0.2, -0.15) is 9.41 Å². The maximum Gasteiger partial charge on any atom is 0.331 e. The van der Waals surface area contributed by atoms with Crippen LogP contribution in [0, 0.1) is 41.4 Å². The lowest BCUT2D eigenvalue weighted by atomic mass is 9.41. The molecular formula is C36H49N3O8S. The SMILES string of the molecule is Cc1ccc(S(=O)(=O)N2CCCC(C(=O)N/N=C/C34CC[C@@H](O)CC3(O)CC[C@@H]3[C@@H]4CCC4(C)C(C5=CC(=O)OC5)CCC34O)C2)cc1. The summed E-state index contributed by atoms with van der Waals surface area (Å²) in [5.74, 6) is -1.48. The number of rotatable bonds is 6. The van der Waals surface area contributed by atoms with E-state index >= 15 is 0 Å². The standard InChI is InChI=1S/C36H49N3O8S/c1-23-5-7-27(8-6-23)48(45,46)39-17-3-4-24(20-39)32(42)38-37-22-34-14-9-26(40)19-35(34,43)15-11-30-29(34)10-13-33(2)28(12-16-36(30,33)44)25-18-31(41)47-21-25/h5-8,18,22,24,26,28-30,40,43-44H,3-4,9-17,19-21H2,1-2H3,(H,38,42)/b37-22+/t24?,26-,28?,29+,30-,33?,34?,35?,36?/m1/s1. The zero-order valence-corrected chi connectivity index (χ0v) is 28.8. The third-order valence-corrected chi connectivity index (χ3v) is 15.4. The Morgan fingerprint density at radius 2 is 1.79 bits per heavy atom. The van der Waals surface area contributed by atoms with Gasteiger partial charge in [0, 0.05) is 42.6 Å². The van der Waals surface area contributed by atoms with Gasteiger partial charge >= 0.3 is 5.97 Å². The van der Waals surface area contributed by atoms with E-state index in [1.165, 1.54) is 4.31 Å². The third-order valence-electron chi connectivity index (χ3n) is 13.5. The highest BCUT2D eigenvalue weighted by atomic mass is 32.2. The molecule has 11 nitrogen and oxygen atoms in total. The van der Waals surface area contributed by atoms with Crippen LogP contribution in [0.25, 0.3) is 0 Å². The van der Waals surface area contributed by atoms with Gasteiger partial charge in [0.1, 0.15) is 6.61 Å². The van der Waals surface area contributed by atoms with E-state index in [1.807, 2.05) is 6.92 Å². The first-order valence-corrected chi connectivity index (χ1v) is 19.1. The van der Waals surface area contributed by atoms with Crippen LogP contribution in [0.15, 0.2) is 45.9 Å². The Morgan fingerprint density at radius 1 is 1.04 bits per heavy atom. The van der Waals surface area contributed by atoms with Crippen molar-refractivity contribution in [2.75, 3.05) is 19.7 Å². The summed E-state index contributed by atoms with van der Waals surface area (Å²) in [5, 5.41) is 40.1. The van der Waals surface area contributed by atoms with Gasteiger partial charge in [0.15, 0.2) is 0 Å². The second-order valence-corrected chi connectivity index (χ2v) is 17.7. The smallest absolute Gasteiger partial charge is 0.331 e. The first kappa shape index (κ1) is 33.8. The van der Waals surface area contributed by atoms with Crippen LogP contribution in [-0.2, 0) is 24.3 Å². The molecule has 4 aliphatic carbocycles.